The van der Waals surface area contributed by atoms with E-state index in [1.165, 1.54) is 0 Å². The fraction of sp³-hybridized carbons (Fsp3) is 0.538. The lowest BCUT2D eigenvalue weighted by Crippen LogP contribution is -2.33. The van der Waals surface area contributed by atoms with Crippen LogP contribution in [0.1, 0.15) is 38.3 Å². The maximum absolute atomic E-state index is 9.18. The van der Waals surface area contributed by atoms with Crippen LogP contribution >= 0.6 is 0 Å². The number of aromatic nitrogens is 1. The highest BCUT2D eigenvalue weighted by molar-refractivity contribution is 5.57. The van der Waals surface area contributed by atoms with E-state index in [0.29, 0.717) is 11.6 Å². The van der Waals surface area contributed by atoms with Crippen LogP contribution < -0.4 is 4.90 Å². The van der Waals surface area contributed by atoms with Crippen LogP contribution in [-0.4, -0.2) is 17.6 Å². The molecule has 0 aliphatic heterocycles. The van der Waals surface area contributed by atoms with E-state index in [2.05, 4.69) is 36.7 Å². The number of nitriles is 1. The normalized spacial score (nSPS) is 11.9. The van der Waals surface area contributed by atoms with Gasteiger partial charge in [-0.2, -0.15) is 5.26 Å². The average molecular weight is 217 g/mol. The Kier molecular flexibility index (Phi) is 4.30. The van der Waals surface area contributed by atoms with Crippen molar-refractivity contribution in [2.75, 3.05) is 11.4 Å². The van der Waals surface area contributed by atoms with Gasteiger partial charge in [0.15, 0.2) is 0 Å². The predicted molar refractivity (Wildman–Crippen MR) is 66.5 cm³/mol. The van der Waals surface area contributed by atoms with Gasteiger partial charge in [-0.05, 0) is 38.8 Å². The molecule has 0 fully saturated rings. The second-order valence-corrected chi connectivity index (χ2v) is 3.98. The molecule has 1 aromatic rings. The SMILES string of the molecule is CCC(C)N(CC)c1nccc(C)c1C#N. The number of nitrogens with zero attached hydrogens (tertiary/aromatic N) is 3. The largest absolute Gasteiger partial charge is 0.353 e. The van der Waals surface area contributed by atoms with Gasteiger partial charge in [0.1, 0.15) is 11.9 Å². The molecule has 0 N–H and O–H groups in total. The number of pyridine rings is 1. The molecule has 3 heteroatoms. The number of hydrogen-bond donors (Lipinski definition) is 0. The smallest absolute Gasteiger partial charge is 0.146 e. The van der Waals surface area contributed by atoms with E-state index in [-0.39, 0.29) is 0 Å². The quantitative estimate of drug-likeness (QED) is 0.778. The van der Waals surface area contributed by atoms with Gasteiger partial charge in [-0.1, -0.05) is 6.92 Å². The minimum absolute atomic E-state index is 0.409. The maximum atomic E-state index is 9.18. The summed E-state index contributed by atoms with van der Waals surface area (Å²) in [6, 6.07) is 4.54. The second kappa shape index (κ2) is 5.50. The fourth-order valence-corrected chi connectivity index (χ4v) is 1.79. The zero-order valence-electron chi connectivity index (χ0n) is 10.5. The summed E-state index contributed by atoms with van der Waals surface area (Å²) in [5, 5.41) is 9.18. The third-order valence-electron chi connectivity index (χ3n) is 2.99. The van der Waals surface area contributed by atoms with E-state index in [4.69, 9.17) is 0 Å². The van der Waals surface area contributed by atoms with Crippen molar-refractivity contribution in [1.29, 1.82) is 5.26 Å². The van der Waals surface area contributed by atoms with E-state index in [9.17, 15) is 5.26 Å². The summed E-state index contributed by atoms with van der Waals surface area (Å²) in [5.74, 6) is 0.819. The van der Waals surface area contributed by atoms with Crippen LogP contribution in [0.3, 0.4) is 0 Å². The Hall–Kier alpha value is -1.56. The highest BCUT2D eigenvalue weighted by Crippen LogP contribution is 2.22. The van der Waals surface area contributed by atoms with Gasteiger partial charge >= 0.3 is 0 Å². The van der Waals surface area contributed by atoms with E-state index in [1.807, 2.05) is 13.0 Å². The Morgan fingerprint density at radius 3 is 2.69 bits per heavy atom. The van der Waals surface area contributed by atoms with Crippen molar-refractivity contribution in [3.63, 3.8) is 0 Å². The molecule has 3 nitrogen and oxygen atoms in total. The molecule has 0 radical (unpaired) electrons. The van der Waals surface area contributed by atoms with Gasteiger partial charge in [0.05, 0.1) is 5.56 Å². The van der Waals surface area contributed by atoms with Gasteiger partial charge in [0.25, 0.3) is 0 Å². The molecule has 1 atom stereocenters. The molecule has 0 saturated heterocycles. The molecular weight excluding hydrogens is 198 g/mol. The summed E-state index contributed by atoms with van der Waals surface area (Å²) < 4.78 is 0. The first-order valence-electron chi connectivity index (χ1n) is 5.78. The lowest BCUT2D eigenvalue weighted by molar-refractivity contribution is 0.622. The minimum atomic E-state index is 0.409. The van der Waals surface area contributed by atoms with Crippen molar-refractivity contribution in [2.45, 2.75) is 40.2 Å². The van der Waals surface area contributed by atoms with Crippen LogP contribution in [-0.2, 0) is 0 Å². The molecule has 1 unspecified atom stereocenters. The first-order valence-corrected chi connectivity index (χ1v) is 5.78. The highest BCUT2D eigenvalue weighted by Gasteiger charge is 2.17. The molecule has 0 aliphatic carbocycles. The van der Waals surface area contributed by atoms with Crippen LogP contribution in [0.25, 0.3) is 0 Å². The van der Waals surface area contributed by atoms with Crippen molar-refractivity contribution < 1.29 is 0 Å². The molecule has 0 spiro atoms. The monoisotopic (exact) mass is 217 g/mol. The molecule has 0 aliphatic rings. The number of anilines is 1. The number of rotatable bonds is 4. The summed E-state index contributed by atoms with van der Waals surface area (Å²) in [5.41, 5.74) is 1.69. The molecule has 86 valence electrons. The Morgan fingerprint density at radius 2 is 2.19 bits per heavy atom. The fourth-order valence-electron chi connectivity index (χ4n) is 1.79. The molecule has 0 saturated carbocycles. The molecule has 1 rings (SSSR count). The van der Waals surface area contributed by atoms with E-state index in [0.717, 1.165) is 24.3 Å². The van der Waals surface area contributed by atoms with Gasteiger partial charge in [-0.3, -0.25) is 0 Å². The lowest BCUT2D eigenvalue weighted by Gasteiger charge is -2.29. The Labute approximate surface area is 97.7 Å². The van der Waals surface area contributed by atoms with Crippen molar-refractivity contribution in [3.8, 4) is 6.07 Å². The molecule has 1 aromatic heterocycles. The maximum Gasteiger partial charge on any atom is 0.146 e. The number of hydrogen-bond acceptors (Lipinski definition) is 3. The van der Waals surface area contributed by atoms with Crippen molar-refractivity contribution in [1.82, 2.24) is 4.98 Å². The van der Waals surface area contributed by atoms with Crippen molar-refractivity contribution >= 4 is 5.82 Å². The Morgan fingerprint density at radius 1 is 1.50 bits per heavy atom. The Balaban J connectivity index is 3.20. The molecule has 0 amide bonds. The van der Waals surface area contributed by atoms with Crippen LogP contribution in [0.2, 0.25) is 0 Å². The summed E-state index contributed by atoms with van der Waals surface area (Å²) >= 11 is 0. The summed E-state index contributed by atoms with van der Waals surface area (Å²) in [7, 11) is 0. The summed E-state index contributed by atoms with van der Waals surface area (Å²) in [6.07, 6.45) is 2.82. The third-order valence-corrected chi connectivity index (χ3v) is 2.99. The lowest BCUT2D eigenvalue weighted by atomic mass is 10.1. The van der Waals surface area contributed by atoms with E-state index in [1.54, 1.807) is 6.20 Å². The zero-order chi connectivity index (χ0) is 12.1. The topological polar surface area (TPSA) is 39.9 Å². The molecule has 16 heavy (non-hydrogen) atoms. The van der Waals surface area contributed by atoms with Crippen LogP contribution in [0.15, 0.2) is 12.3 Å². The highest BCUT2D eigenvalue weighted by atomic mass is 15.2. The van der Waals surface area contributed by atoms with Crippen LogP contribution in [0.5, 0.6) is 0 Å². The van der Waals surface area contributed by atoms with Gasteiger partial charge in [-0.15, -0.1) is 0 Å². The van der Waals surface area contributed by atoms with Gasteiger partial charge < -0.3 is 4.90 Å². The molecule has 0 bridgehead atoms. The van der Waals surface area contributed by atoms with Crippen LogP contribution in [0, 0.1) is 18.3 Å². The first kappa shape index (κ1) is 12.5. The predicted octanol–water partition coefficient (Wildman–Crippen LogP) is 2.89. The van der Waals surface area contributed by atoms with Crippen molar-refractivity contribution in [3.05, 3.63) is 23.4 Å². The average Bonchev–Trinajstić information content (AvgIpc) is 2.30. The third kappa shape index (κ3) is 2.33. The Bertz CT molecular complexity index is 393. The van der Waals surface area contributed by atoms with Gasteiger partial charge in [0.2, 0.25) is 0 Å². The summed E-state index contributed by atoms with van der Waals surface area (Å²) in [6.45, 7) is 9.23. The van der Waals surface area contributed by atoms with Gasteiger partial charge in [0, 0.05) is 18.8 Å². The first-order chi connectivity index (χ1) is 7.65. The second-order valence-electron chi connectivity index (χ2n) is 3.98. The molecule has 1 heterocycles. The number of aryl methyl sites for hydroxylation is 1. The van der Waals surface area contributed by atoms with Gasteiger partial charge in [-0.25, -0.2) is 4.98 Å². The summed E-state index contributed by atoms with van der Waals surface area (Å²) in [4.78, 5) is 6.54. The van der Waals surface area contributed by atoms with E-state index < -0.39 is 0 Å². The minimum Gasteiger partial charge on any atom is -0.353 e. The van der Waals surface area contributed by atoms with E-state index >= 15 is 0 Å². The zero-order valence-corrected chi connectivity index (χ0v) is 10.5. The van der Waals surface area contributed by atoms with Crippen molar-refractivity contribution in [2.24, 2.45) is 0 Å². The molecular formula is C13H19N3. The van der Waals surface area contributed by atoms with Crippen LogP contribution in [0.4, 0.5) is 5.82 Å². The standard InChI is InChI=1S/C13H19N3/c1-5-11(4)16(6-2)13-12(9-14)10(3)7-8-15-13/h7-8,11H,5-6H2,1-4H3. The molecule has 0 aromatic carbocycles.